The fourth-order valence-electron chi connectivity index (χ4n) is 0.355. The van der Waals surface area contributed by atoms with Crippen molar-refractivity contribution in [3.8, 4) is 0 Å². The van der Waals surface area contributed by atoms with Crippen LogP contribution >= 0.6 is 0 Å². The fourth-order valence-corrected chi connectivity index (χ4v) is 0.355. The van der Waals surface area contributed by atoms with Crippen LogP contribution in [0.3, 0.4) is 0 Å². The Balaban J connectivity index is 3.12. The molecular formula is C6H13NO. The topological polar surface area (TPSA) is 32.3 Å². The molecule has 0 spiro atoms. The smallest absolute Gasteiger partial charge is 0.0603 e. The molecule has 0 atom stereocenters. The molecule has 0 saturated heterocycles. The van der Waals surface area contributed by atoms with E-state index in [1.54, 1.807) is 0 Å². The van der Waals surface area contributed by atoms with Gasteiger partial charge < -0.3 is 10.4 Å². The first kappa shape index (κ1) is 7.50. The number of hydrogen-bond donors (Lipinski definition) is 2. The van der Waals surface area contributed by atoms with Crippen molar-refractivity contribution in [1.82, 2.24) is 5.32 Å². The van der Waals surface area contributed by atoms with E-state index in [2.05, 4.69) is 5.32 Å². The first-order valence-corrected chi connectivity index (χ1v) is 2.79. The average molecular weight is 115 g/mol. The Morgan fingerprint density at radius 2 is 2.38 bits per heavy atom. The van der Waals surface area contributed by atoms with Crippen molar-refractivity contribution in [2.45, 2.75) is 13.8 Å². The van der Waals surface area contributed by atoms with Crippen molar-refractivity contribution in [1.29, 1.82) is 0 Å². The second-order valence-electron chi connectivity index (χ2n) is 1.62. The molecule has 0 radical (unpaired) electrons. The van der Waals surface area contributed by atoms with E-state index in [1.165, 1.54) is 0 Å². The van der Waals surface area contributed by atoms with Crippen LogP contribution in [0.4, 0.5) is 0 Å². The molecule has 0 aliphatic carbocycles. The largest absolute Gasteiger partial charge is 0.395 e. The lowest BCUT2D eigenvalue weighted by Crippen LogP contribution is -2.15. The third-order valence-corrected chi connectivity index (χ3v) is 0.949. The minimum atomic E-state index is 0.200. The average Bonchev–Trinajstić information content (AvgIpc) is 1.83. The van der Waals surface area contributed by atoms with Crippen LogP contribution in [0.1, 0.15) is 13.8 Å². The van der Waals surface area contributed by atoms with Crippen molar-refractivity contribution in [2.75, 3.05) is 13.2 Å². The fraction of sp³-hybridized carbons (Fsp3) is 0.667. The molecule has 0 aromatic heterocycles. The second kappa shape index (κ2) is 4.65. The summed E-state index contributed by atoms with van der Waals surface area (Å²) in [5, 5.41) is 11.3. The normalized spacial score (nSPS) is 11.6. The van der Waals surface area contributed by atoms with Crippen LogP contribution in [0.25, 0.3) is 0 Å². The van der Waals surface area contributed by atoms with Gasteiger partial charge in [0.25, 0.3) is 0 Å². The Hall–Kier alpha value is -0.500. The highest BCUT2D eigenvalue weighted by Crippen LogP contribution is 1.81. The van der Waals surface area contributed by atoms with Gasteiger partial charge in [-0.1, -0.05) is 6.08 Å². The third kappa shape index (κ3) is 3.68. The minimum Gasteiger partial charge on any atom is -0.395 e. The summed E-state index contributed by atoms with van der Waals surface area (Å²) in [6.45, 7) is 4.77. The zero-order valence-corrected chi connectivity index (χ0v) is 5.44. The van der Waals surface area contributed by atoms with Gasteiger partial charge in [-0.05, 0) is 13.8 Å². The molecule has 0 aliphatic heterocycles. The molecule has 0 aromatic carbocycles. The lowest BCUT2D eigenvalue weighted by molar-refractivity contribution is 0.297. The van der Waals surface area contributed by atoms with Crippen molar-refractivity contribution < 1.29 is 5.11 Å². The van der Waals surface area contributed by atoms with Crippen LogP contribution in [0.2, 0.25) is 0 Å². The first-order chi connectivity index (χ1) is 3.81. The molecule has 0 aromatic rings. The molecule has 0 aliphatic rings. The molecule has 2 nitrogen and oxygen atoms in total. The molecule has 0 saturated carbocycles. The predicted octanol–water partition coefficient (Wildman–Crippen LogP) is 0.492. The van der Waals surface area contributed by atoms with Gasteiger partial charge in [0.1, 0.15) is 0 Å². The number of hydrogen-bond acceptors (Lipinski definition) is 2. The summed E-state index contributed by atoms with van der Waals surface area (Å²) in [6.07, 6.45) is 1.97. The number of nitrogens with one attached hydrogen (secondary N) is 1. The highest BCUT2D eigenvalue weighted by Gasteiger charge is 1.80. The van der Waals surface area contributed by atoms with Crippen LogP contribution in [-0.2, 0) is 0 Å². The summed E-state index contributed by atoms with van der Waals surface area (Å²) < 4.78 is 0. The summed E-state index contributed by atoms with van der Waals surface area (Å²) in [7, 11) is 0. The maximum atomic E-state index is 8.32. The minimum absolute atomic E-state index is 0.200. The predicted molar refractivity (Wildman–Crippen MR) is 34.5 cm³/mol. The Morgan fingerprint density at radius 1 is 1.75 bits per heavy atom. The van der Waals surface area contributed by atoms with E-state index >= 15 is 0 Å². The van der Waals surface area contributed by atoms with Gasteiger partial charge in [0.05, 0.1) is 6.61 Å². The van der Waals surface area contributed by atoms with E-state index in [0.29, 0.717) is 6.54 Å². The van der Waals surface area contributed by atoms with Crippen molar-refractivity contribution in [3.63, 3.8) is 0 Å². The second-order valence-corrected chi connectivity index (χ2v) is 1.62. The van der Waals surface area contributed by atoms with E-state index < -0.39 is 0 Å². The lowest BCUT2D eigenvalue weighted by atomic mass is 10.4. The summed E-state index contributed by atoms with van der Waals surface area (Å²) in [6, 6.07) is 0. The number of rotatable bonds is 3. The van der Waals surface area contributed by atoms with Gasteiger partial charge in [-0.3, -0.25) is 0 Å². The van der Waals surface area contributed by atoms with E-state index in [1.807, 2.05) is 19.9 Å². The van der Waals surface area contributed by atoms with E-state index in [4.69, 9.17) is 5.11 Å². The Kier molecular flexibility index (Phi) is 4.36. The maximum absolute atomic E-state index is 8.32. The lowest BCUT2D eigenvalue weighted by Gasteiger charge is -2.00. The van der Waals surface area contributed by atoms with E-state index in [0.717, 1.165) is 5.70 Å². The number of allylic oxidation sites excluding steroid dienone is 2. The standard InChI is InChI=1S/C6H13NO/c1-3-6(2)7-4-5-8/h3,7-8H,4-5H2,1-2H3/b6-3-. The highest BCUT2D eigenvalue weighted by atomic mass is 16.3. The molecule has 48 valence electrons. The number of aliphatic hydroxyl groups excluding tert-OH is 1. The van der Waals surface area contributed by atoms with Crippen molar-refractivity contribution in [3.05, 3.63) is 11.8 Å². The molecule has 0 bridgehead atoms. The summed E-state index contributed by atoms with van der Waals surface area (Å²) >= 11 is 0. The Bertz CT molecular complexity index is 78.6. The van der Waals surface area contributed by atoms with Crippen LogP contribution in [0.5, 0.6) is 0 Å². The van der Waals surface area contributed by atoms with Gasteiger partial charge in [-0.2, -0.15) is 0 Å². The SMILES string of the molecule is C/C=C(/C)NCCO. The van der Waals surface area contributed by atoms with Gasteiger partial charge in [-0.15, -0.1) is 0 Å². The third-order valence-electron chi connectivity index (χ3n) is 0.949. The quantitative estimate of drug-likeness (QED) is 0.561. The molecule has 0 heterocycles. The van der Waals surface area contributed by atoms with Crippen LogP contribution in [0.15, 0.2) is 11.8 Å². The van der Waals surface area contributed by atoms with Crippen molar-refractivity contribution >= 4 is 0 Å². The monoisotopic (exact) mass is 115 g/mol. The molecule has 2 heteroatoms. The van der Waals surface area contributed by atoms with Crippen LogP contribution in [0, 0.1) is 0 Å². The first-order valence-electron chi connectivity index (χ1n) is 2.79. The van der Waals surface area contributed by atoms with Crippen LogP contribution in [-0.4, -0.2) is 18.3 Å². The van der Waals surface area contributed by atoms with Crippen molar-refractivity contribution in [2.24, 2.45) is 0 Å². The van der Waals surface area contributed by atoms with Crippen LogP contribution < -0.4 is 5.32 Å². The molecule has 0 amide bonds. The van der Waals surface area contributed by atoms with E-state index in [-0.39, 0.29) is 6.61 Å². The molecule has 0 fully saturated rings. The maximum Gasteiger partial charge on any atom is 0.0603 e. The zero-order chi connectivity index (χ0) is 6.41. The summed E-state index contributed by atoms with van der Waals surface area (Å²) in [5.74, 6) is 0. The van der Waals surface area contributed by atoms with Gasteiger partial charge in [0.15, 0.2) is 0 Å². The Morgan fingerprint density at radius 3 is 2.75 bits per heavy atom. The zero-order valence-electron chi connectivity index (χ0n) is 5.44. The molecule has 2 N–H and O–H groups in total. The molecule has 8 heavy (non-hydrogen) atoms. The number of aliphatic hydroxyl groups is 1. The summed E-state index contributed by atoms with van der Waals surface area (Å²) in [5.41, 5.74) is 1.11. The highest BCUT2D eigenvalue weighted by molar-refractivity contribution is 4.91. The molecule has 0 rings (SSSR count). The van der Waals surface area contributed by atoms with Gasteiger partial charge in [0, 0.05) is 12.2 Å². The van der Waals surface area contributed by atoms with Gasteiger partial charge in [0.2, 0.25) is 0 Å². The van der Waals surface area contributed by atoms with E-state index in [9.17, 15) is 0 Å². The molecular weight excluding hydrogens is 102 g/mol. The van der Waals surface area contributed by atoms with Gasteiger partial charge in [-0.25, -0.2) is 0 Å². The Labute approximate surface area is 50.2 Å². The summed E-state index contributed by atoms with van der Waals surface area (Å²) in [4.78, 5) is 0. The van der Waals surface area contributed by atoms with Gasteiger partial charge >= 0.3 is 0 Å². The molecule has 0 unspecified atom stereocenters.